The summed E-state index contributed by atoms with van der Waals surface area (Å²) < 4.78 is 61.3. The summed E-state index contributed by atoms with van der Waals surface area (Å²) >= 11 is 1.18. The van der Waals surface area contributed by atoms with E-state index < -0.39 is 24.0 Å². The van der Waals surface area contributed by atoms with Crippen molar-refractivity contribution in [1.29, 1.82) is 0 Å². The number of rotatable bonds is 14. The number of hydrogen-bond donors (Lipinski definition) is 1. The van der Waals surface area contributed by atoms with Gasteiger partial charge in [-0.05, 0) is 43.3 Å². The van der Waals surface area contributed by atoms with Gasteiger partial charge in [0.25, 0.3) is 5.91 Å². The number of sulfone groups is 1. The summed E-state index contributed by atoms with van der Waals surface area (Å²) in [6, 6.07) is 10.6. The highest BCUT2D eigenvalue weighted by molar-refractivity contribution is 7.90. The molecule has 0 radical (unpaired) electrons. The summed E-state index contributed by atoms with van der Waals surface area (Å²) in [6.07, 6.45) is 1.12. The zero-order chi connectivity index (χ0) is 26.8. The van der Waals surface area contributed by atoms with Gasteiger partial charge >= 0.3 is 8.25 Å². The van der Waals surface area contributed by atoms with Gasteiger partial charge in [-0.1, -0.05) is 0 Å². The molecule has 0 fully saturated rings. The predicted molar refractivity (Wildman–Crippen MR) is 138 cm³/mol. The topological polar surface area (TPSA) is 139 Å². The monoisotopic (exact) mass is 569 g/mol. The summed E-state index contributed by atoms with van der Waals surface area (Å²) in [7, 11) is -4.03. The second kappa shape index (κ2) is 13.6. The van der Waals surface area contributed by atoms with Crippen LogP contribution < -0.4 is 14.8 Å². The van der Waals surface area contributed by atoms with Gasteiger partial charge in [0, 0.05) is 34.9 Å². The first-order chi connectivity index (χ1) is 17.7. The molecule has 0 aliphatic heterocycles. The standard InChI is InChI=1S/C23H25N2O9PS2/c1-4-32-35(27)33-14-17-15-36-23(24-17)25-22(26)16-11-19(31-10-9-30-2)13-20(12-16)34-18-5-7-21(8-6-18)37(3,28)29/h5-8,11-13,15H,4,9-10,14H2,1-3H3/p+1. The van der Waals surface area contributed by atoms with E-state index in [-0.39, 0.29) is 30.3 Å². The molecule has 14 heteroatoms. The van der Waals surface area contributed by atoms with Crippen molar-refractivity contribution in [3.8, 4) is 17.2 Å². The largest absolute Gasteiger partial charge is 0.697 e. The van der Waals surface area contributed by atoms with Crippen LogP contribution in [0.4, 0.5) is 5.13 Å². The fraction of sp³-hybridized carbons (Fsp3) is 0.304. The lowest BCUT2D eigenvalue weighted by molar-refractivity contribution is 0.102. The summed E-state index contributed by atoms with van der Waals surface area (Å²) in [4.78, 5) is 17.4. The molecule has 1 aromatic heterocycles. The SMILES string of the molecule is CCO[P+](=O)OCc1csc(NC(=O)c2cc(OCCOC)cc(Oc3ccc(S(C)(=O)=O)cc3)c2)n1. The second-order valence-corrected chi connectivity index (χ2v) is 11.2. The quantitative estimate of drug-likeness (QED) is 0.212. The maximum Gasteiger partial charge on any atom is 0.697 e. The van der Waals surface area contributed by atoms with Crippen molar-refractivity contribution in [2.24, 2.45) is 0 Å². The Morgan fingerprint density at radius 3 is 2.46 bits per heavy atom. The van der Waals surface area contributed by atoms with E-state index in [9.17, 15) is 17.8 Å². The highest BCUT2D eigenvalue weighted by Crippen LogP contribution is 2.30. The van der Waals surface area contributed by atoms with Gasteiger partial charge in [-0.25, -0.2) is 13.4 Å². The van der Waals surface area contributed by atoms with Crippen LogP contribution in [0, 0.1) is 0 Å². The minimum Gasteiger partial charge on any atom is -0.491 e. The molecule has 1 heterocycles. The van der Waals surface area contributed by atoms with Crippen LogP contribution in [0.5, 0.6) is 17.2 Å². The third kappa shape index (κ3) is 9.15. The lowest BCUT2D eigenvalue weighted by Crippen LogP contribution is -2.13. The van der Waals surface area contributed by atoms with Crippen LogP contribution in [0.3, 0.4) is 0 Å². The number of thiazole rings is 1. The Morgan fingerprint density at radius 2 is 1.78 bits per heavy atom. The number of amides is 1. The van der Waals surface area contributed by atoms with Crippen LogP contribution in [0.1, 0.15) is 23.0 Å². The van der Waals surface area contributed by atoms with Gasteiger partial charge in [0.2, 0.25) is 0 Å². The van der Waals surface area contributed by atoms with Crippen LogP contribution >= 0.6 is 19.6 Å². The average molecular weight is 570 g/mol. The van der Waals surface area contributed by atoms with E-state index >= 15 is 0 Å². The van der Waals surface area contributed by atoms with Crippen molar-refractivity contribution in [1.82, 2.24) is 4.98 Å². The fourth-order valence-electron chi connectivity index (χ4n) is 2.84. The van der Waals surface area contributed by atoms with Crippen molar-refractivity contribution in [3.63, 3.8) is 0 Å². The number of hydrogen-bond acceptors (Lipinski definition) is 11. The molecular weight excluding hydrogens is 543 g/mol. The van der Waals surface area contributed by atoms with Crippen LogP contribution in [-0.2, 0) is 34.8 Å². The van der Waals surface area contributed by atoms with Gasteiger partial charge < -0.3 is 14.2 Å². The molecular formula is C23H26N2O9PS2+. The highest BCUT2D eigenvalue weighted by Gasteiger charge is 2.20. The first kappa shape index (κ1) is 28.6. The number of benzene rings is 2. The van der Waals surface area contributed by atoms with Gasteiger partial charge in [0.1, 0.15) is 37.1 Å². The fourth-order valence-corrected chi connectivity index (χ4v) is 4.68. The van der Waals surface area contributed by atoms with E-state index in [1.54, 1.807) is 31.5 Å². The van der Waals surface area contributed by atoms with E-state index in [1.165, 1.54) is 41.7 Å². The first-order valence-corrected chi connectivity index (χ1v) is 14.8. The Hall–Kier alpha value is -2.93. The normalized spacial score (nSPS) is 11.7. The van der Waals surface area contributed by atoms with Crippen LogP contribution in [0.15, 0.2) is 52.7 Å². The number of carbonyl (C=O) groups excluding carboxylic acids is 1. The van der Waals surface area contributed by atoms with Crippen molar-refractivity contribution >= 4 is 40.5 Å². The molecule has 1 N–H and O–H groups in total. The van der Waals surface area contributed by atoms with E-state index in [4.69, 9.17) is 23.3 Å². The highest BCUT2D eigenvalue weighted by atomic mass is 32.2. The third-order valence-corrected chi connectivity index (χ3v) is 7.25. The molecule has 37 heavy (non-hydrogen) atoms. The zero-order valence-electron chi connectivity index (χ0n) is 20.3. The van der Waals surface area contributed by atoms with Crippen LogP contribution in [0.2, 0.25) is 0 Å². The maximum atomic E-state index is 13.0. The lowest BCUT2D eigenvalue weighted by Gasteiger charge is -2.12. The maximum absolute atomic E-state index is 13.0. The number of nitrogens with one attached hydrogen (secondary N) is 1. The van der Waals surface area contributed by atoms with Gasteiger partial charge in [0.05, 0.1) is 17.2 Å². The summed E-state index contributed by atoms with van der Waals surface area (Å²) in [5.41, 5.74) is 0.728. The lowest BCUT2D eigenvalue weighted by atomic mass is 10.2. The first-order valence-electron chi connectivity index (χ1n) is 10.9. The average Bonchev–Trinajstić information content (AvgIpc) is 3.30. The molecule has 1 atom stereocenters. The zero-order valence-corrected chi connectivity index (χ0v) is 22.9. The van der Waals surface area contributed by atoms with E-state index in [0.717, 1.165) is 6.26 Å². The Bertz CT molecular complexity index is 1330. The molecule has 2 aromatic carbocycles. The number of anilines is 1. The van der Waals surface area contributed by atoms with Gasteiger partial charge in [-0.2, -0.15) is 0 Å². The molecule has 1 amide bonds. The van der Waals surface area contributed by atoms with E-state index in [1.807, 2.05) is 0 Å². The second-order valence-electron chi connectivity index (χ2n) is 7.39. The molecule has 11 nitrogen and oxygen atoms in total. The molecule has 1 unspecified atom stereocenters. The van der Waals surface area contributed by atoms with Crippen molar-refractivity contribution in [3.05, 3.63) is 59.1 Å². The molecule has 0 saturated carbocycles. The molecule has 0 spiro atoms. The molecule has 3 rings (SSSR count). The van der Waals surface area contributed by atoms with Crippen molar-refractivity contribution < 1.29 is 41.0 Å². The van der Waals surface area contributed by atoms with E-state index in [2.05, 4.69) is 10.3 Å². The molecule has 0 bridgehead atoms. The minimum atomic E-state index is -3.34. The smallest absolute Gasteiger partial charge is 0.491 e. The van der Waals surface area contributed by atoms with E-state index in [0.29, 0.717) is 34.7 Å². The number of methoxy groups -OCH3 is 1. The Balaban J connectivity index is 1.75. The molecule has 3 aromatic rings. The predicted octanol–water partition coefficient (Wildman–Crippen LogP) is 4.83. The van der Waals surface area contributed by atoms with Gasteiger partial charge in [-0.3, -0.25) is 10.1 Å². The molecule has 0 aliphatic carbocycles. The number of nitrogens with zero attached hydrogens (tertiary/aromatic N) is 1. The Kier molecular flexibility index (Phi) is 10.5. The molecule has 0 saturated heterocycles. The summed E-state index contributed by atoms with van der Waals surface area (Å²) in [6.45, 7) is 2.54. The number of carbonyl (C=O) groups is 1. The minimum absolute atomic E-state index is 0.0273. The summed E-state index contributed by atoms with van der Waals surface area (Å²) in [5, 5.41) is 4.70. The summed E-state index contributed by atoms with van der Waals surface area (Å²) in [5.74, 6) is 0.597. The number of ether oxygens (including phenoxy) is 3. The molecule has 0 aliphatic rings. The Morgan fingerprint density at radius 1 is 1.05 bits per heavy atom. The van der Waals surface area contributed by atoms with Crippen LogP contribution in [0.25, 0.3) is 0 Å². The van der Waals surface area contributed by atoms with Gasteiger partial charge in [-0.15, -0.1) is 20.4 Å². The molecule has 198 valence electrons. The van der Waals surface area contributed by atoms with Crippen LogP contribution in [-0.4, -0.2) is 52.5 Å². The Labute approximate surface area is 219 Å². The number of aromatic nitrogens is 1. The van der Waals surface area contributed by atoms with Crippen molar-refractivity contribution in [2.45, 2.75) is 18.4 Å². The van der Waals surface area contributed by atoms with Crippen molar-refractivity contribution in [2.75, 3.05) is 38.5 Å². The third-order valence-electron chi connectivity index (χ3n) is 4.51. The van der Waals surface area contributed by atoms with Gasteiger partial charge in [0.15, 0.2) is 15.0 Å².